The summed E-state index contributed by atoms with van der Waals surface area (Å²) < 4.78 is 0.924. The molecule has 20 heavy (non-hydrogen) atoms. The van der Waals surface area contributed by atoms with Gasteiger partial charge in [-0.05, 0) is 37.0 Å². The first-order valence-electron chi connectivity index (χ1n) is 6.33. The number of H-pyrrole nitrogens is 1. The Morgan fingerprint density at radius 2 is 2.30 bits per heavy atom. The van der Waals surface area contributed by atoms with Gasteiger partial charge in [-0.25, -0.2) is 0 Å². The molecule has 1 aliphatic carbocycles. The molecule has 108 valence electrons. The average Bonchev–Trinajstić information content (AvgIpc) is 3.15. The predicted molar refractivity (Wildman–Crippen MR) is 84.1 cm³/mol. The molecule has 1 saturated carbocycles. The second kappa shape index (κ2) is 6.11. The summed E-state index contributed by atoms with van der Waals surface area (Å²) in [5, 5.41) is 10.8. The molecule has 0 spiro atoms. The number of amides is 1. The second-order valence-corrected chi connectivity index (χ2v) is 5.83. The van der Waals surface area contributed by atoms with E-state index >= 15 is 0 Å². The molecule has 4 N–H and O–H groups in total. The summed E-state index contributed by atoms with van der Waals surface area (Å²) in [5.41, 5.74) is 6.98. The van der Waals surface area contributed by atoms with Gasteiger partial charge in [-0.2, -0.15) is 5.10 Å². The zero-order valence-corrected chi connectivity index (χ0v) is 13.1. The van der Waals surface area contributed by atoms with E-state index in [4.69, 9.17) is 5.73 Å². The molecule has 1 unspecified atom stereocenters. The quantitative estimate of drug-likeness (QED) is 0.782. The van der Waals surface area contributed by atoms with E-state index in [-0.39, 0.29) is 24.4 Å². The maximum absolute atomic E-state index is 12.3. The molecule has 1 aromatic carbocycles. The van der Waals surface area contributed by atoms with Crippen molar-refractivity contribution < 1.29 is 4.79 Å². The van der Waals surface area contributed by atoms with E-state index in [2.05, 4.69) is 31.4 Å². The lowest BCUT2D eigenvalue weighted by Gasteiger charge is -2.14. The van der Waals surface area contributed by atoms with Gasteiger partial charge in [-0.3, -0.25) is 9.89 Å². The highest BCUT2D eigenvalue weighted by molar-refractivity contribution is 9.10. The standard InChI is InChI=1S/C13H15BrN4O.ClH/c14-8-3-4-10-9(5-8)12(18-17-10)13(19)16-11(6-15)7-1-2-7;/h3-5,7,11H,1-2,6,15H2,(H,16,19)(H,17,18);1H. The smallest absolute Gasteiger partial charge is 0.272 e. The number of nitrogens with two attached hydrogens (primary N) is 1. The average molecular weight is 360 g/mol. The molecular formula is C13H16BrClN4O. The molecule has 1 aliphatic rings. The van der Waals surface area contributed by atoms with Crippen molar-refractivity contribution in [2.45, 2.75) is 18.9 Å². The Kier molecular flexibility index (Phi) is 4.67. The normalized spacial score (nSPS) is 15.7. The third-order valence-electron chi connectivity index (χ3n) is 3.50. The van der Waals surface area contributed by atoms with Crippen molar-refractivity contribution in [1.29, 1.82) is 0 Å². The molecule has 1 aromatic heterocycles. The van der Waals surface area contributed by atoms with Gasteiger partial charge in [-0.1, -0.05) is 15.9 Å². The summed E-state index contributed by atoms with van der Waals surface area (Å²) in [6, 6.07) is 5.76. The summed E-state index contributed by atoms with van der Waals surface area (Å²) in [7, 11) is 0. The maximum atomic E-state index is 12.3. The largest absolute Gasteiger partial charge is 0.346 e. The minimum Gasteiger partial charge on any atom is -0.346 e. The van der Waals surface area contributed by atoms with E-state index in [0.29, 0.717) is 18.2 Å². The lowest BCUT2D eigenvalue weighted by Crippen LogP contribution is -2.41. The fourth-order valence-corrected chi connectivity index (χ4v) is 2.62. The summed E-state index contributed by atoms with van der Waals surface area (Å²) in [6.07, 6.45) is 2.30. The predicted octanol–water partition coefficient (Wildman–Crippen LogP) is 2.21. The molecule has 0 saturated heterocycles. The van der Waals surface area contributed by atoms with Crippen LogP contribution in [0.4, 0.5) is 0 Å². The van der Waals surface area contributed by atoms with Gasteiger partial charge in [0.1, 0.15) is 0 Å². The molecule has 3 rings (SSSR count). The van der Waals surface area contributed by atoms with Gasteiger partial charge >= 0.3 is 0 Å². The first-order chi connectivity index (χ1) is 9.19. The number of aromatic amines is 1. The Hall–Kier alpha value is -1.11. The Labute approximate surface area is 131 Å². The fraction of sp³-hybridized carbons (Fsp3) is 0.385. The monoisotopic (exact) mass is 358 g/mol. The number of aromatic nitrogens is 2. The van der Waals surface area contributed by atoms with Crippen LogP contribution in [0, 0.1) is 5.92 Å². The van der Waals surface area contributed by atoms with Crippen molar-refractivity contribution in [2.24, 2.45) is 11.7 Å². The third kappa shape index (κ3) is 2.97. The Balaban J connectivity index is 0.00000147. The highest BCUT2D eigenvalue weighted by Crippen LogP contribution is 2.32. The van der Waals surface area contributed by atoms with Crippen LogP contribution in [0.5, 0.6) is 0 Å². The Morgan fingerprint density at radius 3 is 2.95 bits per heavy atom. The first kappa shape index (κ1) is 15.3. The number of fused-ring (bicyclic) bond motifs is 1. The van der Waals surface area contributed by atoms with E-state index in [1.54, 1.807) is 0 Å². The third-order valence-corrected chi connectivity index (χ3v) is 3.99. The molecule has 1 atom stereocenters. The van der Waals surface area contributed by atoms with Gasteiger partial charge in [0, 0.05) is 22.4 Å². The molecule has 0 aliphatic heterocycles. The van der Waals surface area contributed by atoms with Gasteiger partial charge in [0.25, 0.3) is 5.91 Å². The molecule has 0 radical (unpaired) electrons. The van der Waals surface area contributed by atoms with Crippen molar-refractivity contribution in [3.63, 3.8) is 0 Å². The molecule has 1 amide bonds. The zero-order valence-electron chi connectivity index (χ0n) is 10.7. The Morgan fingerprint density at radius 1 is 1.55 bits per heavy atom. The second-order valence-electron chi connectivity index (χ2n) is 4.92. The number of nitrogens with one attached hydrogen (secondary N) is 2. The van der Waals surface area contributed by atoms with Gasteiger partial charge in [-0.15, -0.1) is 12.4 Å². The van der Waals surface area contributed by atoms with Crippen molar-refractivity contribution in [3.05, 3.63) is 28.4 Å². The van der Waals surface area contributed by atoms with E-state index in [1.807, 2.05) is 18.2 Å². The number of carbonyl (C=O) groups excluding carboxylic acids is 1. The van der Waals surface area contributed by atoms with Gasteiger partial charge in [0.2, 0.25) is 0 Å². The minimum absolute atomic E-state index is 0. The zero-order chi connectivity index (χ0) is 13.4. The number of rotatable bonds is 4. The molecule has 5 nitrogen and oxygen atoms in total. The number of benzene rings is 1. The van der Waals surface area contributed by atoms with E-state index in [9.17, 15) is 4.79 Å². The van der Waals surface area contributed by atoms with Crippen molar-refractivity contribution >= 4 is 45.1 Å². The summed E-state index contributed by atoms with van der Waals surface area (Å²) in [4.78, 5) is 12.3. The summed E-state index contributed by atoms with van der Waals surface area (Å²) in [6.45, 7) is 0.475. The summed E-state index contributed by atoms with van der Waals surface area (Å²) in [5.74, 6) is 0.373. The molecule has 7 heteroatoms. The van der Waals surface area contributed by atoms with Crippen LogP contribution >= 0.6 is 28.3 Å². The number of hydrogen-bond acceptors (Lipinski definition) is 3. The maximum Gasteiger partial charge on any atom is 0.272 e. The molecule has 1 heterocycles. The highest BCUT2D eigenvalue weighted by atomic mass is 79.9. The van der Waals surface area contributed by atoms with E-state index in [1.165, 1.54) is 0 Å². The SMILES string of the molecule is Cl.NCC(NC(=O)c1n[nH]c2ccc(Br)cc12)C1CC1. The van der Waals surface area contributed by atoms with Crippen LogP contribution < -0.4 is 11.1 Å². The lowest BCUT2D eigenvalue weighted by atomic mass is 10.1. The lowest BCUT2D eigenvalue weighted by molar-refractivity contribution is 0.0930. The van der Waals surface area contributed by atoms with Crippen LogP contribution in [0.3, 0.4) is 0 Å². The number of carbonyl (C=O) groups is 1. The number of halogens is 2. The molecular weight excluding hydrogens is 344 g/mol. The minimum atomic E-state index is -0.160. The van der Waals surface area contributed by atoms with Crippen LogP contribution in [-0.2, 0) is 0 Å². The van der Waals surface area contributed by atoms with Gasteiger partial charge in [0.15, 0.2) is 5.69 Å². The van der Waals surface area contributed by atoms with Crippen molar-refractivity contribution in [1.82, 2.24) is 15.5 Å². The topological polar surface area (TPSA) is 83.8 Å². The van der Waals surface area contributed by atoms with Gasteiger partial charge in [0.05, 0.1) is 5.52 Å². The number of nitrogens with zero attached hydrogens (tertiary/aromatic N) is 1. The van der Waals surface area contributed by atoms with E-state index < -0.39 is 0 Å². The van der Waals surface area contributed by atoms with Gasteiger partial charge < -0.3 is 11.1 Å². The van der Waals surface area contributed by atoms with Crippen LogP contribution in [0.2, 0.25) is 0 Å². The molecule has 0 bridgehead atoms. The van der Waals surface area contributed by atoms with Crippen molar-refractivity contribution in [2.75, 3.05) is 6.54 Å². The number of hydrogen-bond donors (Lipinski definition) is 3. The van der Waals surface area contributed by atoms with E-state index in [0.717, 1.165) is 28.2 Å². The Bertz CT molecular complexity index is 626. The van der Waals surface area contributed by atoms with Crippen LogP contribution in [0.1, 0.15) is 23.3 Å². The van der Waals surface area contributed by atoms with Crippen LogP contribution in [0.25, 0.3) is 10.9 Å². The van der Waals surface area contributed by atoms with Crippen molar-refractivity contribution in [3.8, 4) is 0 Å². The highest BCUT2D eigenvalue weighted by Gasteiger charge is 2.32. The molecule has 2 aromatic rings. The summed E-state index contributed by atoms with van der Waals surface area (Å²) >= 11 is 3.40. The first-order valence-corrected chi connectivity index (χ1v) is 7.13. The van der Waals surface area contributed by atoms with Crippen LogP contribution in [-0.4, -0.2) is 28.7 Å². The van der Waals surface area contributed by atoms with Crippen LogP contribution in [0.15, 0.2) is 22.7 Å². The molecule has 1 fully saturated rings. The fourth-order valence-electron chi connectivity index (χ4n) is 2.26.